The van der Waals surface area contributed by atoms with Gasteiger partial charge >= 0.3 is 12.1 Å². The molecular formula is C54H82N6O9. The number of nitrogens with one attached hydrogen (secondary N) is 6. The van der Waals surface area contributed by atoms with Gasteiger partial charge in [-0.3, -0.25) is 28.8 Å². The first-order valence-corrected chi connectivity index (χ1v) is 25.4. The predicted molar refractivity (Wildman–Crippen MR) is 260 cm³/mol. The molecule has 0 aliphatic heterocycles. The molecule has 0 bridgehead atoms. The maximum Gasteiger partial charge on any atom is 0.407 e. The first-order chi connectivity index (χ1) is 31.7. The number of esters is 1. The molecule has 1 aromatic rings. The van der Waals surface area contributed by atoms with Crippen LogP contribution in [0.15, 0.2) is 30.3 Å². The number of hydrogen-bond acceptors (Lipinski definition) is 9. The lowest BCUT2D eigenvalue weighted by molar-refractivity contribution is -0.175. The zero-order valence-electron chi connectivity index (χ0n) is 43.9. The molecule has 0 saturated heterocycles. The third-order valence-electron chi connectivity index (χ3n) is 19.0. The molecule has 12 atom stereocenters. The van der Waals surface area contributed by atoms with Crippen molar-refractivity contribution in [1.29, 1.82) is 0 Å². The van der Waals surface area contributed by atoms with Crippen LogP contribution in [0.4, 0.5) is 4.79 Å². The Hall–Kier alpha value is -4.69. The van der Waals surface area contributed by atoms with Gasteiger partial charge in [-0.15, -0.1) is 0 Å². The van der Waals surface area contributed by atoms with E-state index in [2.05, 4.69) is 31.9 Å². The van der Waals surface area contributed by atoms with Crippen LogP contribution in [-0.2, 0) is 44.8 Å². The minimum absolute atomic E-state index is 0.0560. The first kappa shape index (κ1) is 52.1. The van der Waals surface area contributed by atoms with Crippen molar-refractivity contribution in [1.82, 2.24) is 31.9 Å². The van der Waals surface area contributed by atoms with E-state index in [0.29, 0.717) is 38.5 Å². The van der Waals surface area contributed by atoms with E-state index in [1.54, 1.807) is 0 Å². The zero-order chi connectivity index (χ0) is 51.2. The summed E-state index contributed by atoms with van der Waals surface area (Å²) in [4.78, 5) is 93.6. The minimum atomic E-state index is -0.573. The fourth-order valence-corrected chi connectivity index (χ4v) is 12.3. The van der Waals surface area contributed by atoms with E-state index in [0.717, 1.165) is 5.56 Å². The summed E-state index contributed by atoms with van der Waals surface area (Å²) in [5.74, 6) is -2.35. The van der Waals surface area contributed by atoms with Gasteiger partial charge in [-0.25, -0.2) is 4.79 Å². The summed E-state index contributed by atoms with van der Waals surface area (Å²) < 4.78 is 11.0. The minimum Gasteiger partial charge on any atom is -0.460 e. The van der Waals surface area contributed by atoms with Crippen LogP contribution in [0.5, 0.6) is 0 Å². The van der Waals surface area contributed by atoms with Crippen LogP contribution < -0.4 is 31.9 Å². The quantitative estimate of drug-likeness (QED) is 0.115. The van der Waals surface area contributed by atoms with Gasteiger partial charge in [-0.2, -0.15) is 0 Å². The largest absolute Gasteiger partial charge is 0.460 e. The Bertz CT molecular complexity index is 2210. The molecule has 0 aromatic heterocycles. The summed E-state index contributed by atoms with van der Waals surface area (Å²) in [7, 11) is 0. The Morgan fingerprint density at radius 3 is 0.957 bits per heavy atom. The molecule has 15 nitrogen and oxygen atoms in total. The van der Waals surface area contributed by atoms with E-state index in [1.165, 1.54) is 0 Å². The maximum atomic E-state index is 13.8. The van der Waals surface area contributed by atoms with Gasteiger partial charge in [0.05, 0.1) is 5.92 Å². The Balaban J connectivity index is 0.808. The Morgan fingerprint density at radius 1 is 0.435 bits per heavy atom. The van der Waals surface area contributed by atoms with Gasteiger partial charge in [0.25, 0.3) is 0 Å². The monoisotopic (exact) mass is 959 g/mol. The molecule has 15 heteroatoms. The molecule has 6 fully saturated rings. The molecule has 6 amide bonds. The van der Waals surface area contributed by atoms with Gasteiger partial charge in [0, 0.05) is 65.8 Å². The van der Waals surface area contributed by atoms with Crippen LogP contribution in [0.2, 0.25) is 0 Å². The van der Waals surface area contributed by atoms with Gasteiger partial charge in [-0.1, -0.05) is 113 Å². The van der Waals surface area contributed by atoms with Crippen molar-refractivity contribution in [2.75, 3.05) is 0 Å². The van der Waals surface area contributed by atoms with Crippen molar-refractivity contribution >= 4 is 41.6 Å². The van der Waals surface area contributed by atoms with E-state index in [1.807, 2.05) is 134 Å². The van der Waals surface area contributed by atoms with Crippen LogP contribution in [0.1, 0.15) is 148 Å². The molecule has 1 aromatic carbocycles. The van der Waals surface area contributed by atoms with E-state index in [9.17, 15) is 33.6 Å². The number of carbonyl (C=O) groups is 7. The summed E-state index contributed by atoms with van der Waals surface area (Å²) in [5, 5.41) is 19.1. The summed E-state index contributed by atoms with van der Waals surface area (Å²) in [6.07, 6.45) is 2.59. The standard InChI is InChI=1S/C54H82N6O9/c1-48(2,3)69-46(66)34-26-39(54(34,14)15)59-44(64)32-24-37(52(32,10)11)57-42(62)30-22-35(50(30,6)7)55-41(61)29-21-36(49(29,4)5)56-43(63)31-23-38(51(31,8)9)58-45(65)33-25-40(53(33,12)13)60-47(67)68-27-28-19-17-16-18-20-28/h16-20,29-40H,21-27H2,1-15H3,(H,55,61)(H,56,63)(H,57,62)(H,58,65)(H,59,64)(H,60,67)/t29-,30-,31-,32-,33-,34-,35-,36-,37-,38-,39-,40-/m1/s1. The van der Waals surface area contributed by atoms with Crippen molar-refractivity contribution in [3.05, 3.63) is 35.9 Å². The van der Waals surface area contributed by atoms with Crippen molar-refractivity contribution in [2.45, 2.75) is 191 Å². The second-order valence-corrected chi connectivity index (χ2v) is 26.3. The number of rotatable bonds is 14. The van der Waals surface area contributed by atoms with Gasteiger partial charge in [0.15, 0.2) is 0 Å². The second kappa shape index (κ2) is 17.9. The normalized spacial score (nSPS) is 34.5. The van der Waals surface area contributed by atoms with Crippen LogP contribution in [0.25, 0.3) is 0 Å². The Labute approximate surface area is 410 Å². The lowest BCUT2D eigenvalue weighted by Crippen LogP contribution is -2.70. The van der Waals surface area contributed by atoms with E-state index in [-0.39, 0.29) is 114 Å². The van der Waals surface area contributed by atoms with Crippen molar-refractivity contribution < 1.29 is 43.0 Å². The van der Waals surface area contributed by atoms with E-state index >= 15 is 0 Å². The second-order valence-electron chi connectivity index (χ2n) is 26.3. The third kappa shape index (κ3) is 9.62. The van der Waals surface area contributed by atoms with Crippen molar-refractivity contribution in [3.8, 4) is 0 Å². The number of hydrogen-bond donors (Lipinski definition) is 6. The fourth-order valence-electron chi connectivity index (χ4n) is 12.3. The van der Waals surface area contributed by atoms with Crippen molar-refractivity contribution in [3.63, 3.8) is 0 Å². The lowest BCUT2D eigenvalue weighted by atomic mass is 9.54. The molecule has 7 rings (SSSR count). The third-order valence-corrected chi connectivity index (χ3v) is 19.0. The molecule has 69 heavy (non-hydrogen) atoms. The molecule has 0 spiro atoms. The number of carbonyl (C=O) groups excluding carboxylic acids is 7. The van der Waals surface area contributed by atoms with Gasteiger partial charge in [0.1, 0.15) is 12.2 Å². The molecular weight excluding hydrogens is 877 g/mol. The molecule has 6 aliphatic carbocycles. The number of ether oxygens (including phenoxy) is 2. The zero-order valence-corrected chi connectivity index (χ0v) is 43.9. The Kier molecular flexibility index (Phi) is 13.5. The summed E-state index contributed by atoms with van der Waals surface area (Å²) in [5.41, 5.74) is -2.51. The van der Waals surface area contributed by atoms with Crippen LogP contribution in [0, 0.1) is 68.0 Å². The van der Waals surface area contributed by atoms with E-state index in [4.69, 9.17) is 9.47 Å². The SMILES string of the molecule is CC(C)(C)OC(=O)[C@H]1C[C@@H](NC(=O)[C@H]2C[C@@H](NC(=O)[C@H]3C[C@@H](NC(=O)[C@H]4C[C@@H](NC(=O)[C@H]5C[C@@H](NC(=O)[C@H]6C[C@@H](NC(=O)OCc7ccccc7)C6(C)C)C5(C)C)C4(C)C)C3(C)C)C2(C)C)C1(C)C. The average molecular weight is 959 g/mol. The average Bonchev–Trinajstić information content (AvgIpc) is 3.24. The van der Waals surface area contributed by atoms with Crippen LogP contribution in [-0.4, -0.2) is 83.5 Å². The highest BCUT2D eigenvalue weighted by Gasteiger charge is 2.61. The summed E-state index contributed by atoms with van der Waals surface area (Å²) >= 11 is 0. The number of amides is 6. The lowest BCUT2D eigenvalue weighted by Gasteiger charge is -2.57. The van der Waals surface area contributed by atoms with Gasteiger partial charge < -0.3 is 41.4 Å². The molecule has 382 valence electrons. The van der Waals surface area contributed by atoms with Crippen LogP contribution >= 0.6 is 0 Å². The molecule has 0 unspecified atom stereocenters. The maximum absolute atomic E-state index is 13.8. The number of alkyl carbamates (subject to hydrolysis) is 1. The van der Waals surface area contributed by atoms with Crippen molar-refractivity contribution in [2.24, 2.45) is 68.0 Å². The molecule has 6 N–H and O–H groups in total. The molecule has 6 aliphatic rings. The highest BCUT2D eigenvalue weighted by atomic mass is 16.6. The van der Waals surface area contributed by atoms with E-state index < -0.39 is 44.2 Å². The number of benzene rings is 1. The predicted octanol–water partition coefficient (Wildman–Crippen LogP) is 6.32. The smallest absolute Gasteiger partial charge is 0.407 e. The first-order valence-electron chi connectivity index (χ1n) is 25.4. The molecule has 6 saturated carbocycles. The molecule has 0 radical (unpaired) electrons. The topological polar surface area (TPSA) is 210 Å². The highest BCUT2D eigenvalue weighted by Crippen LogP contribution is 2.54. The summed E-state index contributed by atoms with van der Waals surface area (Å²) in [6.45, 7) is 29.7. The Morgan fingerprint density at radius 2 is 0.696 bits per heavy atom. The molecule has 0 heterocycles. The highest BCUT2D eigenvalue weighted by molar-refractivity contribution is 5.87. The summed E-state index contributed by atoms with van der Waals surface area (Å²) in [6, 6.07) is 8.38. The van der Waals surface area contributed by atoms with Crippen LogP contribution in [0.3, 0.4) is 0 Å². The van der Waals surface area contributed by atoms with Gasteiger partial charge in [0.2, 0.25) is 29.5 Å². The van der Waals surface area contributed by atoms with Gasteiger partial charge in [-0.05, 0) is 97.3 Å². The fraction of sp³-hybridized carbons (Fsp3) is 0.759.